The zero-order valence-electron chi connectivity index (χ0n) is 21.0. The summed E-state index contributed by atoms with van der Waals surface area (Å²) in [5, 5.41) is 3.03. The average Bonchev–Trinajstić information content (AvgIpc) is 2.71. The van der Waals surface area contributed by atoms with Crippen LogP contribution in [-0.4, -0.2) is 42.2 Å². The summed E-state index contributed by atoms with van der Waals surface area (Å²) in [5.74, 6) is -0.253. The predicted octanol–water partition coefficient (Wildman–Crippen LogP) is 4.21. The van der Waals surface area contributed by atoms with E-state index in [1.807, 2.05) is 0 Å². The van der Waals surface area contributed by atoms with Gasteiger partial charge in [0.25, 0.3) is 0 Å². The molecule has 0 aliphatic carbocycles. The van der Waals surface area contributed by atoms with Crippen molar-refractivity contribution in [2.75, 3.05) is 38.0 Å². The molecule has 0 radical (unpaired) electrons. The Morgan fingerprint density at radius 2 is 1.31 bits per heavy atom. The van der Waals surface area contributed by atoms with Crippen molar-refractivity contribution >= 4 is 41.3 Å². The van der Waals surface area contributed by atoms with E-state index < -0.39 is 8.07 Å². The lowest BCUT2D eigenvalue weighted by molar-refractivity contribution is -0.117. The molecule has 2 N–H and O–H groups in total. The molecule has 2 aromatic carbocycles. The first-order valence-corrected chi connectivity index (χ1v) is 13.8. The Balaban J connectivity index is 2.42. The quantitative estimate of drug-likeness (QED) is 0.644. The Morgan fingerprint density at radius 1 is 0.875 bits per heavy atom. The molecule has 1 aliphatic heterocycles. The van der Waals surface area contributed by atoms with Gasteiger partial charge in [0.05, 0.1) is 0 Å². The number of amides is 1. The Kier molecular flexibility index (Phi) is 6.89. The maximum absolute atomic E-state index is 11.4. The predicted molar refractivity (Wildman–Crippen MR) is 142 cm³/mol. The second-order valence-corrected chi connectivity index (χ2v) is 15.2. The lowest BCUT2D eigenvalue weighted by Crippen LogP contribution is -2.66. The number of anilines is 2. The third-order valence-electron chi connectivity index (χ3n) is 7.07. The molecule has 0 bridgehead atoms. The summed E-state index contributed by atoms with van der Waals surface area (Å²) >= 11 is 0. The highest BCUT2D eigenvalue weighted by molar-refractivity contribution is 7.05. The highest BCUT2D eigenvalue weighted by atomic mass is 28.3. The second kappa shape index (κ2) is 9.14. The zero-order valence-corrected chi connectivity index (χ0v) is 22.0. The van der Waals surface area contributed by atoms with E-state index >= 15 is 0 Å². The van der Waals surface area contributed by atoms with Crippen LogP contribution < -0.4 is 25.9 Å². The van der Waals surface area contributed by atoms with Crippen LogP contribution in [0.4, 0.5) is 11.4 Å². The topological polar surface area (TPSA) is 49.6 Å². The number of allylic oxidation sites excluding steroid dienone is 1. The Labute approximate surface area is 195 Å². The molecule has 172 valence electrons. The van der Waals surface area contributed by atoms with E-state index in [9.17, 15) is 4.79 Å². The number of carbonyl (C=O) groups is 1. The van der Waals surface area contributed by atoms with E-state index in [4.69, 9.17) is 5.73 Å². The number of carbonyl (C=O) groups excluding carboxylic acids is 1. The van der Waals surface area contributed by atoms with E-state index in [0.29, 0.717) is 23.9 Å². The fraction of sp³-hybridized carbons (Fsp3) is 0.444. The monoisotopic (exact) mass is 449 g/mol. The number of primary amides is 1. The van der Waals surface area contributed by atoms with Crippen LogP contribution in [0, 0.1) is 0 Å². The molecular formula is C27H39N3OSi. The van der Waals surface area contributed by atoms with Crippen molar-refractivity contribution in [3.05, 3.63) is 53.6 Å². The van der Waals surface area contributed by atoms with Crippen molar-refractivity contribution in [1.82, 2.24) is 0 Å². The number of rotatable bonds is 7. The molecule has 0 unspecified atom stereocenters. The van der Waals surface area contributed by atoms with Gasteiger partial charge in [0, 0.05) is 46.0 Å². The van der Waals surface area contributed by atoms with Crippen LogP contribution in [0.1, 0.15) is 51.7 Å². The van der Waals surface area contributed by atoms with Gasteiger partial charge in [-0.1, -0.05) is 45.9 Å². The van der Waals surface area contributed by atoms with Crippen LogP contribution in [0.15, 0.2) is 42.5 Å². The van der Waals surface area contributed by atoms with Crippen molar-refractivity contribution in [2.24, 2.45) is 5.73 Å². The zero-order chi connectivity index (χ0) is 23.8. The van der Waals surface area contributed by atoms with Crippen molar-refractivity contribution in [1.29, 1.82) is 0 Å². The molecule has 0 atom stereocenters. The van der Waals surface area contributed by atoms with Crippen LogP contribution in [0.3, 0.4) is 0 Å². The van der Waals surface area contributed by atoms with Gasteiger partial charge in [-0.05, 0) is 68.8 Å². The minimum absolute atomic E-state index is 0.253. The van der Waals surface area contributed by atoms with Crippen LogP contribution in [-0.2, 0) is 4.79 Å². The smallest absolute Gasteiger partial charge is 0.217 e. The van der Waals surface area contributed by atoms with E-state index in [2.05, 4.69) is 108 Å². The van der Waals surface area contributed by atoms with Crippen LogP contribution in [0.25, 0.3) is 5.57 Å². The number of hydrogen-bond donors (Lipinski definition) is 1. The summed E-state index contributed by atoms with van der Waals surface area (Å²) in [7, 11) is 6.32. The van der Waals surface area contributed by atoms with Gasteiger partial charge in [0.1, 0.15) is 8.07 Å². The van der Waals surface area contributed by atoms with Gasteiger partial charge in [0.2, 0.25) is 5.91 Å². The van der Waals surface area contributed by atoms with E-state index in [0.717, 1.165) is 0 Å². The summed E-state index contributed by atoms with van der Waals surface area (Å²) < 4.78 is 0. The Bertz CT molecular complexity index is 966. The first-order valence-electron chi connectivity index (χ1n) is 11.6. The SMILES string of the molecule is CC(C)[Si]1(C(C)C)c2cc(N(C)C)ccc2C(=CCCC(N)=O)c2ccc(N(C)C)cc21. The van der Waals surface area contributed by atoms with Crippen molar-refractivity contribution < 1.29 is 4.79 Å². The Morgan fingerprint density at radius 3 is 1.66 bits per heavy atom. The molecule has 1 heterocycles. The standard InChI is InChI=1S/C27H39N3OSi/c1-18(2)32(19(3)4)25-16-20(29(5)6)12-14-23(25)22(10-9-11-27(28)31)24-15-13-21(30(7)8)17-26(24)32/h10,12-19H,9,11H2,1-8H3,(H2,28,31). The summed E-state index contributed by atoms with van der Waals surface area (Å²) in [6.45, 7) is 9.64. The molecule has 0 fully saturated rings. The first-order chi connectivity index (χ1) is 15.0. The molecule has 0 saturated heterocycles. The average molecular weight is 450 g/mol. The van der Waals surface area contributed by atoms with Gasteiger partial charge in [-0.2, -0.15) is 0 Å². The van der Waals surface area contributed by atoms with Crippen LogP contribution >= 0.6 is 0 Å². The largest absolute Gasteiger partial charge is 0.378 e. The van der Waals surface area contributed by atoms with Crippen LogP contribution in [0.2, 0.25) is 11.1 Å². The summed E-state index contributed by atoms with van der Waals surface area (Å²) in [4.78, 5) is 15.8. The maximum Gasteiger partial charge on any atom is 0.217 e. The minimum atomic E-state index is -2.12. The normalized spacial score (nSPS) is 14.2. The molecule has 32 heavy (non-hydrogen) atoms. The van der Waals surface area contributed by atoms with Gasteiger partial charge in [-0.15, -0.1) is 0 Å². The molecule has 1 amide bonds. The van der Waals surface area contributed by atoms with Crippen molar-refractivity contribution in [2.45, 2.75) is 51.6 Å². The lowest BCUT2D eigenvalue weighted by Gasteiger charge is -2.47. The number of nitrogens with two attached hydrogens (primary N) is 1. The molecule has 3 rings (SSSR count). The van der Waals surface area contributed by atoms with Crippen molar-refractivity contribution in [3.8, 4) is 0 Å². The molecule has 0 saturated carbocycles. The van der Waals surface area contributed by atoms with Gasteiger partial charge in [0.15, 0.2) is 0 Å². The molecule has 0 aromatic heterocycles. The summed E-state index contributed by atoms with van der Waals surface area (Å²) in [6, 6.07) is 13.9. The Hall–Kier alpha value is -2.53. The third-order valence-corrected chi connectivity index (χ3v) is 13.3. The fourth-order valence-corrected chi connectivity index (χ4v) is 11.8. The number of nitrogens with zero attached hydrogens (tertiary/aromatic N) is 2. The molecule has 4 nitrogen and oxygen atoms in total. The molecule has 2 aromatic rings. The molecular weight excluding hydrogens is 410 g/mol. The maximum atomic E-state index is 11.4. The number of hydrogen-bond acceptors (Lipinski definition) is 3. The fourth-order valence-electron chi connectivity index (χ4n) is 5.55. The number of benzene rings is 2. The van der Waals surface area contributed by atoms with E-state index in [-0.39, 0.29) is 5.91 Å². The lowest BCUT2D eigenvalue weighted by atomic mass is 9.94. The minimum Gasteiger partial charge on any atom is -0.378 e. The van der Waals surface area contributed by atoms with Gasteiger partial charge >= 0.3 is 0 Å². The molecule has 5 heteroatoms. The van der Waals surface area contributed by atoms with Crippen molar-refractivity contribution in [3.63, 3.8) is 0 Å². The highest BCUT2D eigenvalue weighted by Crippen LogP contribution is 2.42. The summed E-state index contributed by atoms with van der Waals surface area (Å²) in [6.07, 6.45) is 3.26. The molecule has 0 spiro atoms. The second-order valence-electron chi connectivity index (χ2n) is 10.0. The van der Waals surface area contributed by atoms with Gasteiger partial charge in [-0.25, -0.2) is 0 Å². The van der Waals surface area contributed by atoms with E-state index in [1.54, 1.807) is 0 Å². The third kappa shape index (κ3) is 3.99. The van der Waals surface area contributed by atoms with Gasteiger partial charge < -0.3 is 15.5 Å². The molecule has 1 aliphatic rings. The highest BCUT2D eigenvalue weighted by Gasteiger charge is 2.49. The van der Waals surface area contributed by atoms with Crippen LogP contribution in [0.5, 0.6) is 0 Å². The van der Waals surface area contributed by atoms with Gasteiger partial charge in [-0.3, -0.25) is 4.79 Å². The van der Waals surface area contributed by atoms with E-state index in [1.165, 1.54) is 38.4 Å². The number of fused-ring (bicyclic) bond motifs is 2. The summed E-state index contributed by atoms with van der Waals surface area (Å²) in [5.41, 5.74) is 12.9. The first kappa shape index (κ1) is 24.1.